The quantitative estimate of drug-likeness (QED) is 0.597. The van der Waals surface area contributed by atoms with E-state index in [9.17, 15) is 14.4 Å². The number of hydrogen-bond acceptors (Lipinski definition) is 4. The van der Waals surface area contributed by atoms with E-state index in [1.807, 2.05) is 0 Å². The highest BCUT2D eigenvalue weighted by molar-refractivity contribution is 5.97. The van der Waals surface area contributed by atoms with E-state index in [2.05, 4.69) is 5.32 Å². The van der Waals surface area contributed by atoms with Crippen LogP contribution in [-0.2, 0) is 9.59 Å². The van der Waals surface area contributed by atoms with E-state index in [-0.39, 0.29) is 24.3 Å². The average Bonchev–Trinajstić information content (AvgIpc) is 2.28. The molecular formula is C12H13NO5. The molecule has 0 aliphatic rings. The second-order valence-corrected chi connectivity index (χ2v) is 3.49. The predicted molar refractivity (Wildman–Crippen MR) is 62.3 cm³/mol. The Bertz CT molecular complexity index is 469. The molecular weight excluding hydrogens is 238 g/mol. The van der Waals surface area contributed by atoms with Crippen LogP contribution in [-0.4, -0.2) is 29.5 Å². The number of benzene rings is 1. The zero-order valence-corrected chi connectivity index (χ0v) is 9.80. The van der Waals surface area contributed by atoms with Gasteiger partial charge in [0.1, 0.15) is 5.75 Å². The Morgan fingerprint density at radius 1 is 1.28 bits per heavy atom. The summed E-state index contributed by atoms with van der Waals surface area (Å²) >= 11 is 0. The topological polar surface area (TPSA) is 92.7 Å². The molecule has 1 aromatic carbocycles. The van der Waals surface area contributed by atoms with Crippen molar-refractivity contribution >= 4 is 17.8 Å². The van der Waals surface area contributed by atoms with Gasteiger partial charge in [-0.3, -0.25) is 14.4 Å². The Hall–Kier alpha value is -2.37. The van der Waals surface area contributed by atoms with Crippen molar-refractivity contribution in [2.75, 3.05) is 6.54 Å². The molecule has 0 saturated carbocycles. The SMILES string of the molecule is CC(=O)Oc1ccccc1C(=O)NCCC(=O)O. The maximum atomic E-state index is 11.7. The summed E-state index contributed by atoms with van der Waals surface area (Å²) in [4.78, 5) is 32.9. The number of carbonyl (C=O) groups is 3. The standard InChI is InChI=1S/C12H13NO5/c1-8(14)18-10-5-3-2-4-9(10)12(17)13-7-6-11(15)16/h2-5H,6-7H2,1H3,(H,13,17)(H,15,16). The Morgan fingerprint density at radius 3 is 2.56 bits per heavy atom. The monoisotopic (exact) mass is 251 g/mol. The maximum absolute atomic E-state index is 11.7. The molecule has 0 fully saturated rings. The van der Waals surface area contributed by atoms with Gasteiger partial charge in [0, 0.05) is 13.5 Å². The summed E-state index contributed by atoms with van der Waals surface area (Å²) in [5.41, 5.74) is 0.193. The molecule has 0 spiro atoms. The summed E-state index contributed by atoms with van der Waals surface area (Å²) in [7, 11) is 0. The minimum atomic E-state index is -0.997. The second-order valence-electron chi connectivity index (χ2n) is 3.49. The Kier molecular flexibility index (Phi) is 4.86. The molecule has 0 aromatic heterocycles. The molecule has 0 bridgehead atoms. The third-order valence-corrected chi connectivity index (χ3v) is 2.01. The Labute approximate surface area is 104 Å². The third kappa shape index (κ3) is 4.25. The van der Waals surface area contributed by atoms with Gasteiger partial charge in [0.15, 0.2) is 0 Å². The van der Waals surface area contributed by atoms with Crippen LogP contribution < -0.4 is 10.1 Å². The van der Waals surface area contributed by atoms with Gasteiger partial charge in [0.2, 0.25) is 0 Å². The minimum absolute atomic E-state index is 0.0164. The number of carboxylic acids is 1. The fourth-order valence-corrected chi connectivity index (χ4v) is 1.28. The molecule has 0 heterocycles. The molecule has 0 radical (unpaired) electrons. The molecule has 0 aliphatic carbocycles. The van der Waals surface area contributed by atoms with E-state index in [1.165, 1.54) is 19.1 Å². The summed E-state index contributed by atoms with van der Waals surface area (Å²) in [6.07, 6.45) is -0.165. The molecule has 6 heteroatoms. The fraction of sp³-hybridized carbons (Fsp3) is 0.250. The van der Waals surface area contributed by atoms with Crippen LogP contribution >= 0.6 is 0 Å². The van der Waals surface area contributed by atoms with Crippen LogP contribution in [0.1, 0.15) is 23.7 Å². The lowest BCUT2D eigenvalue weighted by molar-refractivity contribution is -0.137. The number of para-hydroxylation sites is 1. The molecule has 18 heavy (non-hydrogen) atoms. The summed E-state index contributed by atoms with van der Waals surface area (Å²) < 4.78 is 4.88. The lowest BCUT2D eigenvalue weighted by Gasteiger charge is -2.08. The zero-order chi connectivity index (χ0) is 13.5. The lowest BCUT2D eigenvalue weighted by Crippen LogP contribution is -2.26. The second kappa shape index (κ2) is 6.39. The van der Waals surface area contributed by atoms with Crippen molar-refractivity contribution in [3.05, 3.63) is 29.8 Å². The Morgan fingerprint density at radius 2 is 1.94 bits per heavy atom. The molecule has 0 unspecified atom stereocenters. The van der Waals surface area contributed by atoms with E-state index in [1.54, 1.807) is 12.1 Å². The zero-order valence-electron chi connectivity index (χ0n) is 9.80. The number of esters is 1. The van der Waals surface area contributed by atoms with Crippen molar-refractivity contribution in [3.8, 4) is 5.75 Å². The van der Waals surface area contributed by atoms with Crippen LogP contribution in [0.5, 0.6) is 5.75 Å². The molecule has 0 aliphatic heterocycles. The van der Waals surface area contributed by atoms with E-state index in [0.29, 0.717) is 0 Å². The number of hydrogen-bond donors (Lipinski definition) is 2. The highest BCUT2D eigenvalue weighted by Crippen LogP contribution is 2.17. The summed E-state index contributed by atoms with van der Waals surface area (Å²) in [6.45, 7) is 1.25. The van der Waals surface area contributed by atoms with Crippen molar-refractivity contribution < 1.29 is 24.2 Å². The van der Waals surface area contributed by atoms with Gasteiger partial charge < -0.3 is 15.2 Å². The first-order valence-electron chi connectivity index (χ1n) is 5.28. The van der Waals surface area contributed by atoms with Gasteiger partial charge in [-0.25, -0.2) is 0 Å². The first-order chi connectivity index (χ1) is 8.50. The maximum Gasteiger partial charge on any atom is 0.308 e. The van der Waals surface area contributed by atoms with Gasteiger partial charge in [-0.15, -0.1) is 0 Å². The van der Waals surface area contributed by atoms with Crippen molar-refractivity contribution in [2.45, 2.75) is 13.3 Å². The van der Waals surface area contributed by atoms with E-state index in [0.717, 1.165) is 0 Å². The molecule has 1 rings (SSSR count). The highest BCUT2D eigenvalue weighted by Gasteiger charge is 2.13. The molecule has 0 atom stereocenters. The molecule has 1 aromatic rings. The van der Waals surface area contributed by atoms with Crippen LogP contribution in [0.25, 0.3) is 0 Å². The lowest BCUT2D eigenvalue weighted by atomic mass is 10.2. The van der Waals surface area contributed by atoms with Crippen molar-refractivity contribution in [3.63, 3.8) is 0 Å². The van der Waals surface area contributed by atoms with E-state index in [4.69, 9.17) is 9.84 Å². The van der Waals surface area contributed by atoms with Crippen LogP contribution in [0.4, 0.5) is 0 Å². The largest absolute Gasteiger partial charge is 0.481 e. The van der Waals surface area contributed by atoms with Crippen molar-refractivity contribution in [1.82, 2.24) is 5.32 Å². The van der Waals surface area contributed by atoms with Crippen molar-refractivity contribution in [1.29, 1.82) is 0 Å². The third-order valence-electron chi connectivity index (χ3n) is 2.01. The molecule has 2 N–H and O–H groups in total. The van der Waals surface area contributed by atoms with Gasteiger partial charge in [0.05, 0.1) is 12.0 Å². The van der Waals surface area contributed by atoms with Crippen LogP contribution in [0.15, 0.2) is 24.3 Å². The van der Waals surface area contributed by atoms with Gasteiger partial charge >= 0.3 is 11.9 Å². The number of aliphatic carboxylic acids is 1. The van der Waals surface area contributed by atoms with Crippen molar-refractivity contribution in [2.24, 2.45) is 0 Å². The molecule has 0 saturated heterocycles. The average molecular weight is 251 g/mol. The number of nitrogens with one attached hydrogen (secondary N) is 1. The molecule has 1 amide bonds. The number of carbonyl (C=O) groups excluding carboxylic acids is 2. The summed E-state index contributed by atoms with van der Waals surface area (Å²) in [6, 6.07) is 6.24. The smallest absolute Gasteiger partial charge is 0.308 e. The Balaban J connectivity index is 2.72. The highest BCUT2D eigenvalue weighted by atomic mass is 16.5. The van der Waals surface area contributed by atoms with Crippen LogP contribution in [0.3, 0.4) is 0 Å². The first-order valence-corrected chi connectivity index (χ1v) is 5.28. The van der Waals surface area contributed by atoms with Gasteiger partial charge in [-0.05, 0) is 12.1 Å². The van der Waals surface area contributed by atoms with E-state index < -0.39 is 17.8 Å². The number of amides is 1. The minimum Gasteiger partial charge on any atom is -0.481 e. The molecule has 6 nitrogen and oxygen atoms in total. The van der Waals surface area contributed by atoms with Gasteiger partial charge in [-0.1, -0.05) is 12.1 Å². The summed E-state index contributed by atoms with van der Waals surface area (Å²) in [5, 5.41) is 10.9. The summed E-state index contributed by atoms with van der Waals surface area (Å²) in [5.74, 6) is -1.85. The fourth-order valence-electron chi connectivity index (χ4n) is 1.28. The number of carboxylic acid groups (broad SMARTS) is 1. The predicted octanol–water partition coefficient (Wildman–Crippen LogP) is 0.816. The van der Waals surface area contributed by atoms with Crippen LogP contribution in [0.2, 0.25) is 0 Å². The first kappa shape index (κ1) is 13.7. The normalized spacial score (nSPS) is 9.61. The van der Waals surface area contributed by atoms with Crippen LogP contribution in [0, 0.1) is 0 Å². The number of ether oxygens (including phenoxy) is 1. The van der Waals surface area contributed by atoms with Gasteiger partial charge in [-0.2, -0.15) is 0 Å². The molecule has 96 valence electrons. The van der Waals surface area contributed by atoms with Gasteiger partial charge in [0.25, 0.3) is 5.91 Å². The number of rotatable bonds is 5. The van der Waals surface area contributed by atoms with E-state index >= 15 is 0 Å².